The maximum absolute atomic E-state index is 12.5. The van der Waals surface area contributed by atoms with E-state index in [0.29, 0.717) is 5.75 Å². The Hall–Kier alpha value is -2.49. The Morgan fingerprint density at radius 1 is 1.26 bits per heavy atom. The van der Waals surface area contributed by atoms with Gasteiger partial charge in [-0.05, 0) is 60.4 Å². The summed E-state index contributed by atoms with van der Waals surface area (Å²) in [4.78, 5) is 12.5. The highest BCUT2D eigenvalue weighted by Gasteiger charge is 2.22. The molecule has 0 heterocycles. The molecule has 2 aliphatic rings. The van der Waals surface area contributed by atoms with Gasteiger partial charge < -0.3 is 15.2 Å². The van der Waals surface area contributed by atoms with E-state index in [2.05, 4.69) is 25.2 Å². The normalized spacial score (nSPS) is 22.4. The second-order valence-corrected chi connectivity index (χ2v) is 7.94. The lowest BCUT2D eigenvalue weighted by Gasteiger charge is -2.29. The predicted octanol–water partition coefficient (Wildman–Crippen LogP) is 4.66. The van der Waals surface area contributed by atoms with Crippen molar-refractivity contribution < 1.29 is 14.6 Å². The molecule has 2 atom stereocenters. The summed E-state index contributed by atoms with van der Waals surface area (Å²) in [6, 6.07) is 4.99. The minimum Gasteiger partial charge on any atom is -0.504 e. The van der Waals surface area contributed by atoms with E-state index in [9.17, 15) is 9.90 Å². The molecule has 1 fully saturated rings. The molecule has 0 spiro atoms. The van der Waals surface area contributed by atoms with E-state index in [4.69, 9.17) is 4.74 Å². The first-order valence-corrected chi connectivity index (χ1v) is 9.68. The molecule has 1 aromatic rings. The van der Waals surface area contributed by atoms with E-state index >= 15 is 0 Å². The molecular weight excluding hydrogens is 338 g/mol. The maximum Gasteiger partial charge on any atom is 0.228 e. The summed E-state index contributed by atoms with van der Waals surface area (Å²) >= 11 is 0. The second-order valence-electron chi connectivity index (χ2n) is 7.94. The molecule has 0 aliphatic heterocycles. The van der Waals surface area contributed by atoms with Gasteiger partial charge in [0.1, 0.15) is 0 Å². The van der Waals surface area contributed by atoms with Crippen LogP contribution in [0.3, 0.4) is 0 Å². The third-order valence-corrected chi connectivity index (χ3v) is 5.33. The summed E-state index contributed by atoms with van der Waals surface area (Å²) in [5.74, 6) is 1.87. The Bertz CT molecular complexity index is 792. The minimum atomic E-state index is -0.0565. The van der Waals surface area contributed by atoms with Crippen LogP contribution >= 0.6 is 0 Å². The van der Waals surface area contributed by atoms with Crippen LogP contribution in [0.5, 0.6) is 11.5 Å². The van der Waals surface area contributed by atoms with Crippen LogP contribution in [0.4, 0.5) is 0 Å². The largest absolute Gasteiger partial charge is 0.504 e. The van der Waals surface area contributed by atoms with Crippen molar-refractivity contribution in [3.8, 4) is 11.5 Å². The highest BCUT2D eigenvalue weighted by atomic mass is 16.5. The van der Waals surface area contributed by atoms with Gasteiger partial charge in [0.25, 0.3) is 0 Å². The standard InChI is InChI=1S/C23H29NO3/c1-15-9-16(2)11-19(10-15)18-5-4-6-20(14-18)24-23(26)13-17-7-8-21(25)22(12-17)27-3/h4-8,12,15-16,25H,9-11,13-14H2,1-3H3,(H,24,26). The van der Waals surface area contributed by atoms with E-state index in [0.717, 1.165) is 29.5 Å². The van der Waals surface area contributed by atoms with Gasteiger partial charge in [0.2, 0.25) is 5.91 Å². The zero-order valence-electron chi connectivity index (χ0n) is 16.4. The lowest BCUT2D eigenvalue weighted by atomic mass is 9.77. The van der Waals surface area contributed by atoms with E-state index in [-0.39, 0.29) is 18.1 Å². The van der Waals surface area contributed by atoms with Crippen molar-refractivity contribution in [3.05, 3.63) is 58.8 Å². The number of hydrogen-bond acceptors (Lipinski definition) is 3. The van der Waals surface area contributed by atoms with Crippen LogP contribution in [0.1, 0.15) is 45.1 Å². The molecule has 3 rings (SSSR count). The highest BCUT2D eigenvalue weighted by molar-refractivity contribution is 5.80. The molecular formula is C23H29NO3. The molecule has 27 heavy (non-hydrogen) atoms. The average Bonchev–Trinajstić information content (AvgIpc) is 2.62. The van der Waals surface area contributed by atoms with Gasteiger partial charge in [-0.1, -0.05) is 37.6 Å². The summed E-state index contributed by atoms with van der Waals surface area (Å²) in [7, 11) is 1.50. The topological polar surface area (TPSA) is 58.6 Å². The molecule has 0 aromatic heterocycles. The molecule has 4 heteroatoms. The first-order valence-electron chi connectivity index (χ1n) is 9.68. The molecule has 2 unspecified atom stereocenters. The van der Waals surface area contributed by atoms with E-state index in [1.807, 2.05) is 12.2 Å². The van der Waals surface area contributed by atoms with E-state index in [1.54, 1.807) is 23.8 Å². The Labute approximate surface area is 161 Å². The SMILES string of the molecule is COc1cc(CC(=O)NC2=CC=CC(=C3CC(C)CC(C)C3)C2)ccc1O. The number of aromatic hydroxyl groups is 1. The fourth-order valence-corrected chi connectivity index (χ4v) is 4.21. The first kappa shape index (κ1) is 19.3. The van der Waals surface area contributed by atoms with Crippen molar-refractivity contribution >= 4 is 5.91 Å². The van der Waals surface area contributed by atoms with Crippen LogP contribution in [0, 0.1) is 11.8 Å². The van der Waals surface area contributed by atoms with Gasteiger partial charge in [0, 0.05) is 12.1 Å². The predicted molar refractivity (Wildman–Crippen MR) is 108 cm³/mol. The van der Waals surface area contributed by atoms with Crippen molar-refractivity contribution in [1.29, 1.82) is 0 Å². The van der Waals surface area contributed by atoms with Crippen molar-refractivity contribution in [2.45, 2.75) is 46.0 Å². The molecule has 1 saturated carbocycles. The zero-order chi connectivity index (χ0) is 19.4. The number of hydrogen-bond donors (Lipinski definition) is 2. The molecule has 2 aliphatic carbocycles. The molecule has 0 bridgehead atoms. The first-order chi connectivity index (χ1) is 12.9. The number of nitrogens with one attached hydrogen (secondary N) is 1. The number of allylic oxidation sites excluding steroid dienone is 5. The zero-order valence-corrected chi connectivity index (χ0v) is 16.4. The third kappa shape index (κ3) is 5.03. The number of carbonyl (C=O) groups is 1. The van der Waals surface area contributed by atoms with Crippen LogP contribution in [-0.4, -0.2) is 18.1 Å². The van der Waals surface area contributed by atoms with Gasteiger partial charge in [-0.15, -0.1) is 0 Å². The lowest BCUT2D eigenvalue weighted by Crippen LogP contribution is -2.25. The second kappa shape index (κ2) is 8.47. The van der Waals surface area contributed by atoms with Crippen LogP contribution < -0.4 is 10.1 Å². The summed E-state index contributed by atoms with van der Waals surface area (Å²) in [6.07, 6.45) is 10.9. The monoisotopic (exact) mass is 367 g/mol. The van der Waals surface area contributed by atoms with Gasteiger partial charge >= 0.3 is 0 Å². The average molecular weight is 367 g/mol. The highest BCUT2D eigenvalue weighted by Crippen LogP contribution is 2.36. The number of phenolic OH excluding ortho intramolecular Hbond substituents is 1. The van der Waals surface area contributed by atoms with Gasteiger partial charge in [0.05, 0.1) is 13.5 Å². The Morgan fingerprint density at radius 3 is 2.70 bits per heavy atom. The number of benzene rings is 1. The molecule has 2 N–H and O–H groups in total. The number of carbonyl (C=O) groups excluding carboxylic acids is 1. The van der Waals surface area contributed by atoms with E-state index in [1.165, 1.54) is 31.9 Å². The van der Waals surface area contributed by atoms with Crippen LogP contribution in [0.2, 0.25) is 0 Å². The van der Waals surface area contributed by atoms with Crippen molar-refractivity contribution in [2.24, 2.45) is 11.8 Å². The van der Waals surface area contributed by atoms with Crippen LogP contribution in [-0.2, 0) is 11.2 Å². The van der Waals surface area contributed by atoms with Crippen LogP contribution in [0.25, 0.3) is 0 Å². The number of methoxy groups -OCH3 is 1. The molecule has 0 saturated heterocycles. The number of phenols is 1. The van der Waals surface area contributed by atoms with Crippen LogP contribution in [0.15, 0.2) is 53.3 Å². The van der Waals surface area contributed by atoms with Gasteiger partial charge in [0.15, 0.2) is 11.5 Å². The Morgan fingerprint density at radius 2 is 2.00 bits per heavy atom. The lowest BCUT2D eigenvalue weighted by molar-refractivity contribution is -0.119. The fourth-order valence-electron chi connectivity index (χ4n) is 4.21. The maximum atomic E-state index is 12.5. The summed E-state index contributed by atoms with van der Waals surface area (Å²) < 4.78 is 5.11. The number of rotatable bonds is 4. The molecule has 4 nitrogen and oxygen atoms in total. The fraction of sp³-hybridized carbons (Fsp3) is 0.435. The van der Waals surface area contributed by atoms with Gasteiger partial charge in [-0.25, -0.2) is 0 Å². The van der Waals surface area contributed by atoms with Crippen molar-refractivity contribution in [1.82, 2.24) is 5.32 Å². The van der Waals surface area contributed by atoms with Gasteiger partial charge in [-0.3, -0.25) is 4.79 Å². The minimum absolute atomic E-state index is 0.0565. The number of amides is 1. The molecule has 1 amide bonds. The quantitative estimate of drug-likeness (QED) is 0.814. The molecule has 0 radical (unpaired) electrons. The summed E-state index contributed by atoms with van der Waals surface area (Å²) in [5.41, 5.74) is 4.65. The Kier molecular flexibility index (Phi) is 6.04. The third-order valence-electron chi connectivity index (χ3n) is 5.33. The summed E-state index contributed by atoms with van der Waals surface area (Å²) in [6.45, 7) is 4.65. The van der Waals surface area contributed by atoms with Crippen molar-refractivity contribution in [3.63, 3.8) is 0 Å². The number of ether oxygens (including phenoxy) is 1. The van der Waals surface area contributed by atoms with Crippen molar-refractivity contribution in [2.75, 3.05) is 7.11 Å². The Balaban J connectivity index is 1.63. The molecule has 1 aromatic carbocycles. The summed E-state index contributed by atoms with van der Waals surface area (Å²) in [5, 5.41) is 12.7. The van der Waals surface area contributed by atoms with E-state index < -0.39 is 0 Å². The van der Waals surface area contributed by atoms with Gasteiger partial charge in [-0.2, -0.15) is 0 Å². The molecule has 144 valence electrons. The smallest absolute Gasteiger partial charge is 0.228 e.